The topological polar surface area (TPSA) is 83.6 Å². The first-order chi connectivity index (χ1) is 18.0. The van der Waals surface area contributed by atoms with Crippen LogP contribution in [-0.2, 0) is 30.0 Å². The van der Waals surface area contributed by atoms with Gasteiger partial charge in [0.2, 0.25) is 23.6 Å². The minimum Gasteiger partial charge on any atom is -0.296 e. The van der Waals surface area contributed by atoms with Gasteiger partial charge >= 0.3 is 0 Å². The number of fused-ring (bicyclic) bond motifs is 4. The van der Waals surface area contributed by atoms with Crippen LogP contribution in [0.1, 0.15) is 49.9 Å². The molecule has 0 aromatic heterocycles. The third kappa shape index (κ3) is 3.32. The molecule has 6 heteroatoms. The predicted molar refractivity (Wildman–Crippen MR) is 143 cm³/mol. The number of carbonyl (C=O) groups excluding carboxylic acids is 4. The third-order valence-corrected chi connectivity index (χ3v) is 9.08. The van der Waals surface area contributed by atoms with Crippen molar-refractivity contribution in [2.45, 2.75) is 38.5 Å². The summed E-state index contributed by atoms with van der Waals surface area (Å²) in [6, 6.07) is 26.6. The number of rotatable bonds is 5. The van der Waals surface area contributed by atoms with Gasteiger partial charge in [-0.25, -0.2) is 0 Å². The second kappa shape index (κ2) is 8.22. The van der Waals surface area contributed by atoms with Crippen LogP contribution in [0.25, 0.3) is 0 Å². The summed E-state index contributed by atoms with van der Waals surface area (Å²) in [6.07, 6.45) is 0. The van der Waals surface area contributed by atoms with E-state index in [2.05, 4.69) is 81.5 Å². The number of carbonyl (C=O) groups is 4. The molecule has 2 heterocycles. The van der Waals surface area contributed by atoms with Crippen molar-refractivity contribution >= 4 is 29.3 Å². The van der Waals surface area contributed by atoms with Crippen LogP contribution in [0.5, 0.6) is 0 Å². The second-order valence-corrected chi connectivity index (χ2v) is 11.7. The zero-order valence-corrected chi connectivity index (χ0v) is 21.9. The van der Waals surface area contributed by atoms with Crippen LogP contribution in [-0.4, -0.2) is 23.6 Å². The van der Waals surface area contributed by atoms with Crippen molar-refractivity contribution in [2.75, 3.05) is 4.90 Å². The Hall–Kier alpha value is -4.06. The summed E-state index contributed by atoms with van der Waals surface area (Å²) in [4.78, 5) is 51.6. The number of nitrogens with zero attached hydrogens (tertiary/aromatic N) is 1. The molecule has 192 valence electrons. The Kier molecular flexibility index (Phi) is 5.25. The van der Waals surface area contributed by atoms with Crippen LogP contribution in [0.4, 0.5) is 5.69 Å². The number of nitrogens with one attached hydrogen (secondary N) is 1. The van der Waals surface area contributed by atoms with Crippen molar-refractivity contribution in [1.82, 2.24) is 5.32 Å². The highest BCUT2D eigenvalue weighted by Gasteiger charge is 2.71. The van der Waals surface area contributed by atoms with Crippen molar-refractivity contribution in [3.8, 4) is 0 Å². The molecule has 2 saturated heterocycles. The van der Waals surface area contributed by atoms with Crippen LogP contribution < -0.4 is 10.2 Å². The average Bonchev–Trinajstić information content (AvgIpc) is 3.24. The summed E-state index contributed by atoms with van der Waals surface area (Å²) in [5.74, 6) is -4.60. The molecule has 1 N–H and O–H groups in total. The second-order valence-electron chi connectivity index (χ2n) is 11.7. The first-order valence-electron chi connectivity index (χ1n) is 13.0. The van der Waals surface area contributed by atoms with E-state index in [0.29, 0.717) is 5.69 Å². The van der Waals surface area contributed by atoms with Gasteiger partial charge in [-0.05, 0) is 34.4 Å². The summed E-state index contributed by atoms with van der Waals surface area (Å²) < 4.78 is 0. The molecule has 0 radical (unpaired) electrons. The third-order valence-electron chi connectivity index (χ3n) is 9.08. The fraction of sp³-hybridized carbons (Fsp3) is 0.312. The van der Waals surface area contributed by atoms with E-state index in [1.807, 2.05) is 18.2 Å². The van der Waals surface area contributed by atoms with Gasteiger partial charge in [0.1, 0.15) is 0 Å². The summed E-state index contributed by atoms with van der Waals surface area (Å²) in [5, 5.41) is 2.26. The maximum atomic E-state index is 13.1. The monoisotopic (exact) mass is 506 g/mol. The maximum absolute atomic E-state index is 13.1. The van der Waals surface area contributed by atoms with E-state index in [0.717, 1.165) is 16.0 Å². The lowest BCUT2D eigenvalue weighted by atomic mass is 9.59. The molecule has 3 aromatic rings. The molecule has 4 amide bonds. The van der Waals surface area contributed by atoms with Crippen LogP contribution >= 0.6 is 0 Å². The SMILES string of the molecule is CC(C)(c1ccccc1)c1ccc(C(C)(C)c2ccc(N3C(=O)C4C5C(=O)NC(=O)C5C4C3=O)cc2)cc1. The minimum absolute atomic E-state index is 0.121. The van der Waals surface area contributed by atoms with E-state index < -0.39 is 47.3 Å². The lowest BCUT2D eigenvalue weighted by Gasteiger charge is -2.36. The van der Waals surface area contributed by atoms with Crippen LogP contribution in [0.15, 0.2) is 78.9 Å². The highest BCUT2D eigenvalue weighted by atomic mass is 16.2. The largest absolute Gasteiger partial charge is 0.296 e. The van der Waals surface area contributed by atoms with Gasteiger partial charge < -0.3 is 0 Å². The molecule has 6 rings (SSSR count). The van der Waals surface area contributed by atoms with Gasteiger partial charge in [-0.2, -0.15) is 0 Å². The smallest absolute Gasteiger partial charge is 0.238 e. The van der Waals surface area contributed by atoms with Gasteiger partial charge in [0, 0.05) is 10.8 Å². The van der Waals surface area contributed by atoms with E-state index in [4.69, 9.17) is 0 Å². The Labute approximate surface area is 222 Å². The van der Waals surface area contributed by atoms with E-state index >= 15 is 0 Å². The highest BCUT2D eigenvalue weighted by Crippen LogP contribution is 2.55. The lowest BCUT2D eigenvalue weighted by molar-refractivity contribution is -0.146. The summed E-state index contributed by atoms with van der Waals surface area (Å²) in [5.41, 5.74) is 4.73. The Morgan fingerprint density at radius 1 is 0.526 bits per heavy atom. The normalized spacial score (nSPS) is 24.7. The summed E-state index contributed by atoms with van der Waals surface area (Å²) in [7, 11) is 0. The molecule has 4 unspecified atom stereocenters. The highest BCUT2D eigenvalue weighted by molar-refractivity contribution is 6.27. The first-order valence-corrected chi connectivity index (χ1v) is 13.0. The molecule has 3 fully saturated rings. The average molecular weight is 507 g/mol. The molecule has 0 bridgehead atoms. The molecule has 3 aliphatic rings. The summed E-state index contributed by atoms with van der Waals surface area (Å²) >= 11 is 0. The van der Waals surface area contributed by atoms with E-state index in [-0.39, 0.29) is 10.8 Å². The molecule has 0 spiro atoms. The van der Waals surface area contributed by atoms with Gasteiger partial charge in [-0.15, -0.1) is 0 Å². The number of hydrogen-bond acceptors (Lipinski definition) is 4. The molecule has 3 aromatic carbocycles. The van der Waals surface area contributed by atoms with Crippen molar-refractivity contribution in [3.05, 3.63) is 101 Å². The Balaban J connectivity index is 1.23. The van der Waals surface area contributed by atoms with Gasteiger partial charge in [-0.3, -0.25) is 29.4 Å². The lowest BCUT2D eigenvalue weighted by Crippen LogP contribution is -2.50. The van der Waals surface area contributed by atoms with Crippen molar-refractivity contribution in [1.29, 1.82) is 0 Å². The Morgan fingerprint density at radius 2 is 0.895 bits per heavy atom. The predicted octanol–water partition coefficient (Wildman–Crippen LogP) is 4.35. The number of anilines is 1. The quantitative estimate of drug-likeness (QED) is 0.522. The molecule has 6 nitrogen and oxygen atoms in total. The van der Waals surface area contributed by atoms with Crippen LogP contribution in [0.2, 0.25) is 0 Å². The molecular formula is C32H30N2O4. The van der Waals surface area contributed by atoms with Gasteiger partial charge in [0.05, 0.1) is 29.4 Å². The molecular weight excluding hydrogens is 476 g/mol. The molecule has 1 saturated carbocycles. The van der Waals surface area contributed by atoms with Gasteiger partial charge in [0.15, 0.2) is 0 Å². The Bertz CT molecular complexity index is 1430. The standard InChI is InChI=1S/C32H30N2O4/c1-31(2,18-8-6-5-7-9-18)19-10-12-20(13-11-19)32(3,4)21-14-16-22(17-15-21)34-29(37)25-23-24(26(25)30(34)38)28(36)33-27(23)35/h5-17,23-26H,1-4H3,(H,33,35,36). The fourth-order valence-electron chi connectivity index (χ4n) is 6.48. The molecule has 4 atom stereocenters. The number of hydrogen-bond donors (Lipinski definition) is 1. The van der Waals surface area contributed by atoms with E-state index in [9.17, 15) is 19.2 Å². The maximum Gasteiger partial charge on any atom is 0.238 e. The zero-order chi connectivity index (χ0) is 27.0. The molecule has 1 aliphatic carbocycles. The summed E-state index contributed by atoms with van der Waals surface area (Å²) in [6.45, 7) is 8.75. The Morgan fingerprint density at radius 3 is 1.32 bits per heavy atom. The molecule has 2 aliphatic heterocycles. The van der Waals surface area contributed by atoms with Crippen molar-refractivity contribution < 1.29 is 19.2 Å². The first kappa shape index (κ1) is 24.3. The van der Waals surface area contributed by atoms with Crippen molar-refractivity contribution in [3.63, 3.8) is 0 Å². The van der Waals surface area contributed by atoms with Crippen molar-refractivity contribution in [2.24, 2.45) is 23.7 Å². The number of amides is 4. The van der Waals surface area contributed by atoms with Crippen LogP contribution in [0, 0.1) is 23.7 Å². The fourth-order valence-corrected chi connectivity index (χ4v) is 6.48. The van der Waals surface area contributed by atoms with E-state index in [1.165, 1.54) is 11.1 Å². The minimum atomic E-state index is -0.742. The van der Waals surface area contributed by atoms with E-state index in [1.54, 1.807) is 12.1 Å². The number of benzene rings is 3. The van der Waals surface area contributed by atoms with Crippen LogP contribution in [0.3, 0.4) is 0 Å². The van der Waals surface area contributed by atoms with Gasteiger partial charge in [0.25, 0.3) is 0 Å². The zero-order valence-electron chi connectivity index (χ0n) is 21.9. The molecule has 38 heavy (non-hydrogen) atoms. The van der Waals surface area contributed by atoms with Gasteiger partial charge in [-0.1, -0.05) is 94.4 Å². The number of imide groups is 2.